The summed E-state index contributed by atoms with van der Waals surface area (Å²) in [5.74, 6) is 0.180. The molecule has 0 saturated carbocycles. The molecular formula is C16H19N5O2. The van der Waals surface area contributed by atoms with Crippen LogP contribution in [0.25, 0.3) is 0 Å². The van der Waals surface area contributed by atoms with E-state index in [1.807, 2.05) is 27.9 Å². The van der Waals surface area contributed by atoms with Gasteiger partial charge in [0.05, 0.1) is 30.6 Å². The summed E-state index contributed by atoms with van der Waals surface area (Å²) in [4.78, 5) is 18.5. The zero-order valence-corrected chi connectivity index (χ0v) is 12.8. The van der Waals surface area contributed by atoms with Gasteiger partial charge in [0.15, 0.2) is 0 Å². The van der Waals surface area contributed by atoms with E-state index in [0.717, 1.165) is 30.6 Å². The van der Waals surface area contributed by atoms with Crippen molar-refractivity contribution in [3.05, 3.63) is 42.0 Å². The van der Waals surface area contributed by atoms with Gasteiger partial charge in [-0.25, -0.2) is 4.68 Å². The van der Waals surface area contributed by atoms with Gasteiger partial charge in [0, 0.05) is 31.9 Å². The van der Waals surface area contributed by atoms with Crippen molar-refractivity contribution < 1.29 is 9.53 Å². The lowest BCUT2D eigenvalue weighted by Crippen LogP contribution is -2.49. The van der Waals surface area contributed by atoms with Gasteiger partial charge in [0.2, 0.25) is 5.91 Å². The molecule has 7 heteroatoms. The number of hydrogen-bond donors (Lipinski definition) is 0. The molecule has 2 aromatic rings. The Bertz CT molecular complexity index is 687. The molecule has 7 nitrogen and oxygen atoms in total. The van der Waals surface area contributed by atoms with Crippen LogP contribution in [0, 0.1) is 0 Å². The molecule has 2 aliphatic rings. The van der Waals surface area contributed by atoms with Crippen molar-refractivity contribution in [2.75, 3.05) is 13.1 Å². The molecule has 4 rings (SSSR count). The summed E-state index contributed by atoms with van der Waals surface area (Å²) >= 11 is 0. The molecule has 1 amide bonds. The van der Waals surface area contributed by atoms with Crippen LogP contribution in [0.4, 0.5) is 0 Å². The Morgan fingerprint density at radius 2 is 2.35 bits per heavy atom. The number of amides is 1. The van der Waals surface area contributed by atoms with Gasteiger partial charge in [0.1, 0.15) is 0 Å². The van der Waals surface area contributed by atoms with E-state index in [-0.39, 0.29) is 18.1 Å². The van der Waals surface area contributed by atoms with Crippen LogP contribution in [0.3, 0.4) is 0 Å². The van der Waals surface area contributed by atoms with Gasteiger partial charge in [-0.1, -0.05) is 11.3 Å². The molecule has 0 spiro atoms. The number of carbonyl (C=O) groups excluding carboxylic acids is 1. The summed E-state index contributed by atoms with van der Waals surface area (Å²) in [6, 6.07) is 3.98. The number of piperidine rings is 1. The molecule has 1 fully saturated rings. The van der Waals surface area contributed by atoms with Gasteiger partial charge in [-0.05, 0) is 24.5 Å². The molecule has 4 heterocycles. The second kappa shape index (κ2) is 6.08. The Hall–Kier alpha value is -2.28. The zero-order valence-electron chi connectivity index (χ0n) is 12.8. The lowest BCUT2D eigenvalue weighted by molar-refractivity contribution is -0.138. The van der Waals surface area contributed by atoms with Gasteiger partial charge in [-0.15, -0.1) is 5.10 Å². The number of aryl methyl sites for hydroxylation is 1. The quantitative estimate of drug-likeness (QED) is 0.844. The van der Waals surface area contributed by atoms with E-state index < -0.39 is 0 Å². The lowest BCUT2D eigenvalue weighted by atomic mass is 9.99. The highest BCUT2D eigenvalue weighted by atomic mass is 16.5. The Morgan fingerprint density at radius 3 is 3.22 bits per heavy atom. The molecule has 0 aliphatic carbocycles. The molecule has 0 bridgehead atoms. The fourth-order valence-corrected chi connectivity index (χ4v) is 3.36. The van der Waals surface area contributed by atoms with Gasteiger partial charge >= 0.3 is 0 Å². The van der Waals surface area contributed by atoms with Crippen molar-refractivity contribution in [3.63, 3.8) is 0 Å². The summed E-state index contributed by atoms with van der Waals surface area (Å²) in [6.45, 7) is 1.95. The van der Waals surface area contributed by atoms with E-state index in [2.05, 4.69) is 15.3 Å². The van der Waals surface area contributed by atoms with Crippen molar-refractivity contribution in [1.82, 2.24) is 24.9 Å². The Morgan fingerprint density at radius 1 is 1.39 bits per heavy atom. The van der Waals surface area contributed by atoms with E-state index in [0.29, 0.717) is 19.6 Å². The number of pyridine rings is 1. The Labute approximate surface area is 134 Å². The maximum atomic E-state index is 12.5. The topological polar surface area (TPSA) is 73.1 Å². The Balaban J connectivity index is 1.40. The lowest BCUT2D eigenvalue weighted by Gasteiger charge is -2.41. The minimum absolute atomic E-state index is 0.0809. The number of rotatable bonds is 3. The number of likely N-dealkylation sites (tertiary alicyclic amines) is 1. The number of fused-ring (bicyclic) bond motifs is 3. The van der Waals surface area contributed by atoms with E-state index in [1.165, 1.54) is 0 Å². The average molecular weight is 313 g/mol. The number of aromatic nitrogens is 4. The highest BCUT2D eigenvalue weighted by Crippen LogP contribution is 2.30. The summed E-state index contributed by atoms with van der Waals surface area (Å²) in [7, 11) is 0. The maximum absolute atomic E-state index is 12.5. The summed E-state index contributed by atoms with van der Waals surface area (Å²) in [5, 5.41) is 8.13. The molecule has 0 radical (unpaired) electrons. The summed E-state index contributed by atoms with van der Waals surface area (Å²) in [5.41, 5.74) is 2.08. The van der Waals surface area contributed by atoms with Gasteiger partial charge < -0.3 is 9.64 Å². The maximum Gasteiger partial charge on any atom is 0.222 e. The molecule has 0 unspecified atom stereocenters. The SMILES string of the molecule is O=C(CCc1cccnc1)N1CC[C@H]2OCc3cnnn3[C@H]2C1. The van der Waals surface area contributed by atoms with Crippen molar-refractivity contribution >= 4 is 5.91 Å². The van der Waals surface area contributed by atoms with Crippen molar-refractivity contribution in [3.8, 4) is 0 Å². The molecular weight excluding hydrogens is 294 g/mol. The predicted octanol–water partition coefficient (Wildman–Crippen LogP) is 0.978. The van der Waals surface area contributed by atoms with Gasteiger partial charge in [0.25, 0.3) is 0 Å². The highest BCUT2D eigenvalue weighted by molar-refractivity contribution is 5.76. The number of ether oxygens (including phenoxy) is 1. The molecule has 1 saturated heterocycles. The summed E-state index contributed by atoms with van der Waals surface area (Å²) in [6.07, 6.45) is 7.51. The van der Waals surface area contributed by atoms with Crippen molar-refractivity contribution in [2.45, 2.75) is 38.0 Å². The van der Waals surface area contributed by atoms with E-state index >= 15 is 0 Å². The van der Waals surface area contributed by atoms with Crippen LogP contribution in [0.1, 0.15) is 30.1 Å². The third-order valence-electron chi connectivity index (χ3n) is 4.63. The fraction of sp³-hybridized carbons (Fsp3) is 0.500. The van der Waals surface area contributed by atoms with Crippen molar-refractivity contribution in [1.29, 1.82) is 0 Å². The Kier molecular flexibility index (Phi) is 3.78. The third kappa shape index (κ3) is 2.84. The second-order valence-electron chi connectivity index (χ2n) is 6.08. The second-order valence-corrected chi connectivity index (χ2v) is 6.08. The standard InChI is InChI=1S/C16H19N5O2/c22-16(4-3-12-2-1-6-17-8-12)20-7-5-15-14(10-20)21-13(11-23-15)9-18-19-21/h1-2,6,8-9,14-15H,3-5,7,10-11H2/t14-,15+/m0/s1. The zero-order chi connectivity index (χ0) is 15.6. The van der Waals surface area contributed by atoms with Crippen molar-refractivity contribution in [2.24, 2.45) is 0 Å². The highest BCUT2D eigenvalue weighted by Gasteiger charge is 2.37. The van der Waals surface area contributed by atoms with Gasteiger partial charge in [-0.2, -0.15) is 0 Å². The van der Waals surface area contributed by atoms with E-state index in [9.17, 15) is 4.79 Å². The first-order valence-electron chi connectivity index (χ1n) is 7.98. The summed E-state index contributed by atoms with van der Waals surface area (Å²) < 4.78 is 7.80. The number of carbonyl (C=O) groups is 1. The van der Waals surface area contributed by atoms with Crippen LogP contribution in [-0.2, 0) is 22.6 Å². The average Bonchev–Trinajstić information content (AvgIpc) is 3.09. The molecule has 120 valence electrons. The van der Waals surface area contributed by atoms with E-state index in [1.54, 1.807) is 12.4 Å². The molecule has 0 aromatic carbocycles. The van der Waals surface area contributed by atoms with Crippen LogP contribution in [0.2, 0.25) is 0 Å². The first-order chi connectivity index (χ1) is 11.3. The monoisotopic (exact) mass is 313 g/mol. The van der Waals surface area contributed by atoms with Crippen LogP contribution < -0.4 is 0 Å². The third-order valence-corrected chi connectivity index (χ3v) is 4.63. The first-order valence-corrected chi connectivity index (χ1v) is 7.98. The minimum Gasteiger partial charge on any atom is -0.370 e. The normalized spacial score (nSPS) is 23.2. The number of nitrogens with zero attached hydrogens (tertiary/aromatic N) is 5. The van der Waals surface area contributed by atoms with E-state index in [4.69, 9.17) is 4.74 Å². The molecule has 0 N–H and O–H groups in total. The van der Waals surface area contributed by atoms with Crippen LogP contribution in [0.5, 0.6) is 0 Å². The molecule has 2 aliphatic heterocycles. The van der Waals surface area contributed by atoms with Crippen LogP contribution in [0.15, 0.2) is 30.7 Å². The molecule has 2 atom stereocenters. The first kappa shape index (κ1) is 14.3. The van der Waals surface area contributed by atoms with Gasteiger partial charge in [-0.3, -0.25) is 9.78 Å². The van der Waals surface area contributed by atoms with Crippen LogP contribution >= 0.6 is 0 Å². The molecule has 2 aromatic heterocycles. The largest absolute Gasteiger partial charge is 0.370 e. The smallest absolute Gasteiger partial charge is 0.222 e. The number of hydrogen-bond acceptors (Lipinski definition) is 5. The minimum atomic E-state index is 0.0809. The predicted molar refractivity (Wildman–Crippen MR) is 81.4 cm³/mol. The molecule has 23 heavy (non-hydrogen) atoms. The fourth-order valence-electron chi connectivity index (χ4n) is 3.36. The van der Waals surface area contributed by atoms with Crippen LogP contribution in [-0.4, -0.2) is 50.0 Å².